The number of tetrazole rings is 1. The van der Waals surface area contributed by atoms with E-state index in [0.29, 0.717) is 34.9 Å². The fraction of sp³-hybridized carbons (Fsp3) is 0.604. The van der Waals surface area contributed by atoms with Crippen LogP contribution >= 0.6 is 0 Å². The third kappa shape index (κ3) is 42.6. The molecule has 0 bridgehead atoms. The number of nitrogens with two attached hydrogens (primary N) is 4. The molecular formula is C91H141N29O20. The molecule has 0 unspecified atom stereocenters. The van der Waals surface area contributed by atoms with Gasteiger partial charge in [-0.3, -0.25) is 87.5 Å². The number of aromatic nitrogens is 7. The largest absolute Gasteiger partial charge is 0.394 e. The predicted octanol–water partition coefficient (Wildman–Crippen LogP) is -4.03. The van der Waals surface area contributed by atoms with Crippen LogP contribution in [0.15, 0.2) is 73.3 Å². The minimum atomic E-state index is -1.81. The number of hydrogen-bond donors (Lipinski definition) is 26. The lowest BCUT2D eigenvalue weighted by Crippen LogP contribution is -2.62. The maximum absolute atomic E-state index is 15.4. The Kier molecular flexibility index (Phi) is 50.8. The van der Waals surface area contributed by atoms with Gasteiger partial charge >= 0.3 is 0 Å². The summed E-state index contributed by atoms with van der Waals surface area (Å²) in [6.07, 6.45) is 16.4. The molecule has 12 atom stereocenters. The quantitative estimate of drug-likeness (QED) is 0.0100. The summed E-state index contributed by atoms with van der Waals surface area (Å²) in [7, 11) is 0. The lowest BCUT2D eigenvalue weighted by atomic mass is 10.0. The number of amides is 16. The maximum Gasteiger partial charge on any atom is 0.246 e. The second-order valence-corrected chi connectivity index (χ2v) is 34.7. The number of ether oxygens (including phenoxy) is 2. The number of nitrogens with zero attached hydrogens (tertiary/aromatic N) is 5. The van der Waals surface area contributed by atoms with Gasteiger partial charge in [0.05, 0.1) is 51.1 Å². The number of hydrogen-bond acceptors (Lipinski definition) is 26. The molecule has 16 amide bonds. The van der Waals surface area contributed by atoms with Crippen molar-refractivity contribution >= 4 is 117 Å². The summed E-state index contributed by atoms with van der Waals surface area (Å²) in [5.74, 6) is -14.9. The van der Waals surface area contributed by atoms with Crippen LogP contribution < -0.4 is 103 Å². The van der Waals surface area contributed by atoms with Gasteiger partial charge in [0.15, 0.2) is 11.9 Å². The summed E-state index contributed by atoms with van der Waals surface area (Å²) in [6, 6.07) is -2.22. The second kappa shape index (κ2) is 62.9. The molecule has 0 radical (unpaired) electrons. The molecule has 2 saturated heterocycles. The SMILES string of the molecule is CCCC[C@H](NC(=O)[C@H](CNC(=N)N)NC(=O)[C@H](Cc1c[nH]cn1)NC(=O)[C@H](CCC(N)=O)NC(=O)[C@H](CO)NC(=O)CNC(=O)COCCOCCNC(=O)CCCCCCCCCCCCCCCc1nnn[nH]1)C(=O)N[C@H]1CCC(=O)NCCCC[C@@H](C(N)=O)NC(=O)[C@H](Cc2c[nH]c3ccccc23)NC(=O)[C@H](CCCNC(=N)N)NC(=O)[C@@H](Cc2ccccc2)NC(=O)[C@@H]2C[C@@H](O)CN2C1=O. The van der Waals surface area contributed by atoms with Gasteiger partial charge in [-0.2, -0.15) is 0 Å². The Bertz CT molecular complexity index is 4800. The van der Waals surface area contributed by atoms with Crippen LogP contribution in [0.5, 0.6) is 0 Å². The summed E-state index contributed by atoms with van der Waals surface area (Å²) in [4.78, 5) is 237. The zero-order valence-corrected chi connectivity index (χ0v) is 79.3. The van der Waals surface area contributed by atoms with Gasteiger partial charge in [0.2, 0.25) is 94.5 Å². The van der Waals surface area contributed by atoms with Crippen molar-refractivity contribution in [3.8, 4) is 0 Å². The Hall–Kier alpha value is -13.8. The van der Waals surface area contributed by atoms with Gasteiger partial charge in [-0.25, -0.2) is 10.1 Å². The first-order chi connectivity index (χ1) is 67.4. The van der Waals surface area contributed by atoms with Crippen LogP contribution in [0, 0.1) is 10.8 Å². The number of aliphatic hydroxyl groups excluding tert-OH is 2. The summed E-state index contributed by atoms with van der Waals surface area (Å²) < 4.78 is 10.9. The van der Waals surface area contributed by atoms with Crippen LogP contribution in [-0.4, -0.2) is 302 Å². The second-order valence-electron chi connectivity index (χ2n) is 34.7. The topological polar surface area (TPSA) is 766 Å². The van der Waals surface area contributed by atoms with Gasteiger partial charge in [0.25, 0.3) is 0 Å². The number of fused-ring (bicyclic) bond motifs is 2. The number of carbonyl (C=O) groups is 16. The standard InChI is InChI=1S/C91H141N29O20/c1-2-3-28-63(80(129)111-66-35-37-76(125)99-38-23-22-30-62(79(93)128)107-84(133)68(45-57-48-102-61-29-21-20-27-60(57)61)112-81(130)64(31-24-39-101-90(94)95)108-83(132)67(44-56-25-16-15-17-26-56)114-88(137)72-47-59(122)52-120(72)89(66)138)109-86(135)70(50-104-91(96)97)115-85(134)69(46-58-49-98-55-105-58)113-82(131)65(34-36-73(92)123)110-87(136)71(53-121)106-77(126)51-103-78(127)54-140-43-42-139-41-40-100-75(124)33-19-14-12-10-8-6-4-5-7-9-11-13-18-32-74-116-118-119-117-74/h15-17,20-21,25-27,29,48-49,55,59,62-72,102,121-122H,2-14,18-19,22-24,28,30-47,50-54H2,1H3,(H2,92,123)(H2,93,128)(H,98,105)(H,99,125)(H,100,124)(H,103,127)(H,106,126)(H,107,133)(H,108,132)(H,109,135)(H,110,136)(H,111,129)(H,112,130)(H,113,131)(H,114,137)(H,115,134)(H4,94,95,101)(H4,96,97,104)(H,116,117,118,119)/t59-,62+,63+,64+,65+,66+,67-,68+,69+,70+,71+,72+/m1/s1. The molecular weight excluding hydrogens is 1820 g/mol. The average molecular weight is 1960 g/mol. The first-order valence-electron chi connectivity index (χ1n) is 48.0. The normalized spacial score (nSPS) is 18.5. The van der Waals surface area contributed by atoms with E-state index in [0.717, 1.165) is 49.2 Å². The molecule has 3 aromatic heterocycles. The van der Waals surface area contributed by atoms with Crippen molar-refractivity contribution in [1.82, 2.24) is 120 Å². The minimum absolute atomic E-state index is 0.0206. The molecule has 140 heavy (non-hydrogen) atoms. The highest BCUT2D eigenvalue weighted by molar-refractivity contribution is 6.01. The van der Waals surface area contributed by atoms with Gasteiger partial charge in [0, 0.05) is 107 Å². The molecule has 49 nitrogen and oxygen atoms in total. The van der Waals surface area contributed by atoms with Crippen molar-refractivity contribution < 1.29 is 96.4 Å². The summed E-state index contributed by atoms with van der Waals surface area (Å²) in [5, 5.41) is 90.8. The van der Waals surface area contributed by atoms with E-state index in [1.807, 2.05) is 6.07 Å². The highest BCUT2D eigenvalue weighted by atomic mass is 16.5. The number of aliphatic hydroxyl groups is 2. The van der Waals surface area contributed by atoms with Crippen molar-refractivity contribution in [1.29, 1.82) is 10.8 Å². The Labute approximate surface area is 810 Å². The predicted molar refractivity (Wildman–Crippen MR) is 509 cm³/mol. The van der Waals surface area contributed by atoms with Crippen molar-refractivity contribution in [2.45, 2.75) is 279 Å². The number of primary amides is 2. The highest BCUT2D eigenvalue weighted by Gasteiger charge is 2.44. The molecule has 770 valence electrons. The summed E-state index contributed by atoms with van der Waals surface area (Å²) in [5.41, 5.74) is 24.6. The molecule has 30 N–H and O–H groups in total. The molecule has 0 spiro atoms. The zero-order valence-electron chi connectivity index (χ0n) is 79.3. The molecule has 2 fully saturated rings. The third-order valence-electron chi connectivity index (χ3n) is 23.5. The number of nitrogens with one attached hydrogen (secondary N) is 20. The molecule has 2 aliphatic rings. The number of guanidine groups is 2. The van der Waals surface area contributed by atoms with Crippen molar-refractivity contribution in [3.63, 3.8) is 0 Å². The lowest BCUT2D eigenvalue weighted by molar-refractivity contribution is -0.143. The first kappa shape index (κ1) is 113. The minimum Gasteiger partial charge on any atom is -0.394 e. The number of aromatic amines is 3. The van der Waals surface area contributed by atoms with Crippen molar-refractivity contribution in [3.05, 3.63) is 96.0 Å². The van der Waals surface area contributed by atoms with Crippen LogP contribution in [0.25, 0.3) is 10.9 Å². The number of carbonyl (C=O) groups excluding carboxylic acids is 16. The summed E-state index contributed by atoms with van der Waals surface area (Å²) >= 11 is 0. The van der Waals surface area contributed by atoms with Crippen LogP contribution in [-0.2, 0) is 112 Å². The number of aryl methyl sites for hydroxylation is 1. The molecule has 0 aliphatic carbocycles. The van der Waals surface area contributed by atoms with Crippen LogP contribution in [0.2, 0.25) is 0 Å². The van der Waals surface area contributed by atoms with E-state index in [4.69, 9.17) is 43.2 Å². The van der Waals surface area contributed by atoms with E-state index in [1.54, 1.807) is 61.7 Å². The van der Waals surface area contributed by atoms with E-state index in [-0.39, 0.29) is 115 Å². The van der Waals surface area contributed by atoms with Crippen LogP contribution in [0.1, 0.15) is 203 Å². The van der Waals surface area contributed by atoms with Crippen LogP contribution in [0.3, 0.4) is 0 Å². The summed E-state index contributed by atoms with van der Waals surface area (Å²) in [6.45, 7) is -1.19. The fourth-order valence-electron chi connectivity index (χ4n) is 15.8. The third-order valence-corrected chi connectivity index (χ3v) is 23.5. The lowest BCUT2D eigenvalue weighted by Gasteiger charge is -2.31. The number of rotatable bonds is 57. The van der Waals surface area contributed by atoms with E-state index < -0.39 is 239 Å². The molecule has 49 heteroatoms. The van der Waals surface area contributed by atoms with Crippen molar-refractivity contribution in [2.75, 3.05) is 72.3 Å². The first-order valence-corrected chi connectivity index (χ1v) is 48.0. The Morgan fingerprint density at radius 3 is 1.88 bits per heavy atom. The van der Waals surface area contributed by atoms with Gasteiger partial charge in [-0.1, -0.05) is 139 Å². The molecule has 5 aromatic rings. The maximum atomic E-state index is 15.4. The Morgan fingerprint density at radius 2 is 1.21 bits per heavy atom. The van der Waals surface area contributed by atoms with Crippen molar-refractivity contribution in [2.24, 2.45) is 22.9 Å². The Balaban J connectivity index is 0.975. The zero-order chi connectivity index (χ0) is 102. The average Bonchev–Trinajstić information content (AvgIpc) is 1.64. The molecule has 7 rings (SSSR count). The van der Waals surface area contributed by atoms with Gasteiger partial charge in [-0.05, 0) is 91.8 Å². The van der Waals surface area contributed by atoms with Gasteiger partial charge < -0.3 is 137 Å². The molecule has 0 saturated carbocycles. The molecule has 2 aliphatic heterocycles. The van der Waals surface area contributed by atoms with E-state index in [1.165, 1.54) is 63.9 Å². The number of para-hydroxylation sites is 1. The molecule has 2 aromatic carbocycles. The number of imidazole rings is 1. The number of H-pyrrole nitrogens is 3. The fourth-order valence-corrected chi connectivity index (χ4v) is 15.8. The van der Waals surface area contributed by atoms with E-state index in [9.17, 15) is 67.7 Å². The van der Waals surface area contributed by atoms with E-state index in [2.05, 4.69) is 115 Å². The highest BCUT2D eigenvalue weighted by Crippen LogP contribution is 2.24. The number of unbranched alkanes of at least 4 members (excludes halogenated alkanes) is 13. The smallest absolute Gasteiger partial charge is 0.246 e. The Morgan fingerprint density at radius 1 is 0.586 bits per heavy atom. The molecule has 5 heterocycles. The van der Waals surface area contributed by atoms with Crippen LogP contribution in [0.4, 0.5) is 0 Å². The monoisotopic (exact) mass is 1960 g/mol. The van der Waals surface area contributed by atoms with Gasteiger partial charge in [-0.15, -0.1) is 5.10 Å². The van der Waals surface area contributed by atoms with E-state index >= 15 is 19.2 Å². The number of benzene rings is 2. The van der Waals surface area contributed by atoms with Gasteiger partial charge in [0.1, 0.15) is 78.9 Å².